The van der Waals surface area contributed by atoms with E-state index in [1.54, 1.807) is 9.80 Å². The lowest BCUT2D eigenvalue weighted by atomic mass is 10.0. The highest BCUT2D eigenvalue weighted by Crippen LogP contribution is 2.24. The molecule has 0 saturated carbocycles. The van der Waals surface area contributed by atoms with Crippen molar-refractivity contribution in [3.05, 3.63) is 70.7 Å². The zero-order chi connectivity index (χ0) is 24.6. The fourth-order valence-corrected chi connectivity index (χ4v) is 4.75. The fourth-order valence-electron chi connectivity index (χ4n) is 4.52. The quantitative estimate of drug-likeness (QED) is 0.614. The van der Waals surface area contributed by atoms with Crippen molar-refractivity contribution in [1.29, 1.82) is 0 Å². The van der Waals surface area contributed by atoms with E-state index in [1.807, 2.05) is 54.6 Å². The van der Waals surface area contributed by atoms with E-state index in [9.17, 15) is 14.4 Å². The molecule has 2 heterocycles. The molecule has 4 amide bonds. The Bertz CT molecular complexity index is 1030. The summed E-state index contributed by atoms with van der Waals surface area (Å²) in [5.41, 5.74) is 1.65. The van der Waals surface area contributed by atoms with E-state index in [0.717, 1.165) is 12.0 Å². The van der Waals surface area contributed by atoms with Gasteiger partial charge in [-0.25, -0.2) is 4.79 Å². The highest BCUT2D eigenvalue weighted by Gasteiger charge is 2.38. The van der Waals surface area contributed by atoms with Crippen molar-refractivity contribution in [2.24, 2.45) is 0 Å². The molecule has 35 heavy (non-hydrogen) atoms. The van der Waals surface area contributed by atoms with Crippen LogP contribution in [0.15, 0.2) is 54.6 Å². The summed E-state index contributed by atoms with van der Waals surface area (Å²) < 4.78 is 5.33. The van der Waals surface area contributed by atoms with E-state index in [2.05, 4.69) is 10.6 Å². The maximum Gasteiger partial charge on any atom is 0.318 e. The lowest BCUT2D eigenvalue weighted by molar-refractivity contribution is -0.140. The SMILES string of the molecule is O=C(NCCc1ccccc1Cl)[C@@H]1CCCN1C(=O)[C@@H](NC(=O)N1CCOCC1)c1ccccc1. The molecule has 2 N–H and O–H groups in total. The van der Waals surface area contributed by atoms with E-state index in [-0.39, 0.29) is 17.8 Å². The Labute approximate surface area is 210 Å². The molecule has 0 spiro atoms. The Kier molecular flexibility index (Phi) is 8.60. The second-order valence-electron chi connectivity index (χ2n) is 8.71. The monoisotopic (exact) mass is 498 g/mol. The summed E-state index contributed by atoms with van der Waals surface area (Å²) in [6.07, 6.45) is 1.92. The summed E-state index contributed by atoms with van der Waals surface area (Å²) in [5.74, 6) is -0.462. The highest BCUT2D eigenvalue weighted by atomic mass is 35.5. The van der Waals surface area contributed by atoms with Crippen LogP contribution >= 0.6 is 11.6 Å². The summed E-state index contributed by atoms with van der Waals surface area (Å²) in [6.45, 7) is 2.79. The lowest BCUT2D eigenvalue weighted by Gasteiger charge is -2.32. The van der Waals surface area contributed by atoms with Gasteiger partial charge >= 0.3 is 6.03 Å². The third-order valence-electron chi connectivity index (χ3n) is 6.44. The van der Waals surface area contributed by atoms with Gasteiger partial charge in [-0.15, -0.1) is 0 Å². The number of rotatable bonds is 7. The molecule has 2 fully saturated rings. The molecule has 2 aromatic rings. The third kappa shape index (κ3) is 6.32. The standard InChI is InChI=1S/C26H31ClN4O4/c27-21-10-5-4-7-19(21)12-13-28-24(32)22-11-6-14-31(22)25(33)23(20-8-2-1-3-9-20)29-26(34)30-15-17-35-18-16-30/h1-5,7-10,22-23H,6,11-18H2,(H,28,32)(H,29,34)/t22-,23-/m0/s1. The van der Waals surface area contributed by atoms with Crippen molar-refractivity contribution in [2.45, 2.75) is 31.3 Å². The molecule has 2 aliphatic heterocycles. The smallest absolute Gasteiger partial charge is 0.318 e. The Hall–Kier alpha value is -3.10. The third-order valence-corrected chi connectivity index (χ3v) is 6.80. The molecule has 9 heteroatoms. The first-order valence-corrected chi connectivity index (χ1v) is 12.4. The van der Waals surface area contributed by atoms with E-state index >= 15 is 0 Å². The number of halogens is 1. The van der Waals surface area contributed by atoms with Crippen molar-refractivity contribution in [3.8, 4) is 0 Å². The van der Waals surface area contributed by atoms with Gasteiger partial charge in [-0.3, -0.25) is 9.59 Å². The van der Waals surface area contributed by atoms with Gasteiger partial charge in [-0.05, 0) is 36.5 Å². The number of carbonyl (C=O) groups excluding carboxylic acids is 3. The second kappa shape index (κ2) is 12.0. The molecule has 0 radical (unpaired) electrons. The average molecular weight is 499 g/mol. The number of hydrogen-bond acceptors (Lipinski definition) is 4. The fraction of sp³-hybridized carbons (Fsp3) is 0.423. The summed E-state index contributed by atoms with van der Waals surface area (Å²) in [6, 6.07) is 14.9. The molecule has 2 saturated heterocycles. The Balaban J connectivity index is 1.42. The maximum absolute atomic E-state index is 13.7. The van der Waals surface area contributed by atoms with Gasteiger partial charge in [-0.1, -0.05) is 60.1 Å². The van der Waals surface area contributed by atoms with Crippen LogP contribution in [-0.2, 0) is 20.7 Å². The molecule has 186 valence electrons. The summed E-state index contributed by atoms with van der Waals surface area (Å²) in [5, 5.41) is 6.53. The van der Waals surface area contributed by atoms with Crippen molar-refractivity contribution in [2.75, 3.05) is 39.4 Å². The minimum Gasteiger partial charge on any atom is -0.378 e. The zero-order valence-corrected chi connectivity index (χ0v) is 20.4. The number of benzene rings is 2. The number of ether oxygens (including phenoxy) is 1. The van der Waals surface area contributed by atoms with Gasteiger partial charge in [0.25, 0.3) is 5.91 Å². The highest BCUT2D eigenvalue weighted by molar-refractivity contribution is 6.31. The topological polar surface area (TPSA) is 91.0 Å². The first-order valence-electron chi connectivity index (χ1n) is 12.0. The van der Waals surface area contributed by atoms with Crippen LogP contribution < -0.4 is 10.6 Å². The maximum atomic E-state index is 13.7. The molecule has 0 bridgehead atoms. The number of urea groups is 1. The molecule has 0 unspecified atom stereocenters. The van der Waals surface area contributed by atoms with Gasteiger partial charge in [-0.2, -0.15) is 0 Å². The van der Waals surface area contributed by atoms with Gasteiger partial charge in [0.1, 0.15) is 12.1 Å². The number of hydrogen-bond donors (Lipinski definition) is 2. The van der Waals surface area contributed by atoms with Gasteiger partial charge in [0.05, 0.1) is 13.2 Å². The van der Waals surface area contributed by atoms with Crippen molar-refractivity contribution < 1.29 is 19.1 Å². The van der Waals surface area contributed by atoms with Gasteiger partial charge in [0, 0.05) is 31.2 Å². The number of amides is 4. The van der Waals surface area contributed by atoms with Crippen LogP contribution in [-0.4, -0.2) is 73.1 Å². The Morgan fingerprint density at radius 3 is 2.46 bits per heavy atom. The van der Waals surface area contributed by atoms with Crippen molar-refractivity contribution >= 4 is 29.4 Å². The van der Waals surface area contributed by atoms with Crippen LogP contribution in [0.1, 0.15) is 30.0 Å². The lowest BCUT2D eigenvalue weighted by Crippen LogP contribution is -2.53. The molecule has 0 aliphatic carbocycles. The Morgan fingerprint density at radius 1 is 1.00 bits per heavy atom. The molecule has 2 aromatic carbocycles. The molecular formula is C26H31ClN4O4. The summed E-state index contributed by atoms with van der Waals surface area (Å²) in [4.78, 5) is 42.9. The van der Waals surface area contributed by atoms with Crippen LogP contribution in [0.25, 0.3) is 0 Å². The first kappa shape index (κ1) is 25.0. The number of nitrogens with one attached hydrogen (secondary N) is 2. The van der Waals surface area contributed by atoms with E-state index in [1.165, 1.54) is 0 Å². The summed E-state index contributed by atoms with van der Waals surface area (Å²) in [7, 11) is 0. The minimum atomic E-state index is -0.872. The van der Waals surface area contributed by atoms with E-state index in [4.69, 9.17) is 16.3 Å². The molecule has 4 rings (SSSR count). The molecular weight excluding hydrogens is 468 g/mol. The van der Waals surface area contributed by atoms with Crippen LogP contribution in [0.5, 0.6) is 0 Å². The largest absolute Gasteiger partial charge is 0.378 e. The summed E-state index contributed by atoms with van der Waals surface area (Å²) >= 11 is 6.21. The zero-order valence-electron chi connectivity index (χ0n) is 19.6. The number of nitrogens with zero attached hydrogens (tertiary/aromatic N) is 2. The molecule has 8 nitrogen and oxygen atoms in total. The predicted molar refractivity (Wildman–Crippen MR) is 133 cm³/mol. The first-order chi connectivity index (χ1) is 17.0. The van der Waals surface area contributed by atoms with E-state index < -0.39 is 12.1 Å². The van der Waals surface area contributed by atoms with Crippen molar-refractivity contribution in [3.63, 3.8) is 0 Å². The average Bonchev–Trinajstić information content (AvgIpc) is 3.39. The van der Waals surface area contributed by atoms with Gasteiger partial charge < -0.3 is 25.2 Å². The normalized spacial score (nSPS) is 18.7. The second-order valence-corrected chi connectivity index (χ2v) is 9.12. The predicted octanol–water partition coefficient (Wildman–Crippen LogP) is 2.77. The van der Waals surface area contributed by atoms with Crippen LogP contribution in [0.3, 0.4) is 0 Å². The number of likely N-dealkylation sites (tertiary alicyclic amines) is 1. The van der Waals surface area contributed by atoms with Crippen molar-refractivity contribution in [1.82, 2.24) is 20.4 Å². The molecule has 0 aromatic heterocycles. The van der Waals surface area contributed by atoms with Crippen LogP contribution in [0.4, 0.5) is 4.79 Å². The number of morpholine rings is 1. The minimum absolute atomic E-state index is 0.186. The van der Waals surface area contributed by atoms with E-state index in [0.29, 0.717) is 62.8 Å². The van der Waals surface area contributed by atoms with Gasteiger partial charge in [0.15, 0.2) is 0 Å². The number of carbonyl (C=O) groups is 3. The van der Waals surface area contributed by atoms with Gasteiger partial charge in [0.2, 0.25) is 5.91 Å². The molecule has 2 aliphatic rings. The molecule has 2 atom stereocenters. The van der Waals surface area contributed by atoms with Crippen LogP contribution in [0.2, 0.25) is 5.02 Å². The van der Waals surface area contributed by atoms with Crippen LogP contribution in [0, 0.1) is 0 Å². The Morgan fingerprint density at radius 2 is 1.71 bits per heavy atom.